The molecule has 4 nitrogen and oxygen atoms in total. The Kier molecular flexibility index (Phi) is 9.85. The Morgan fingerprint density at radius 2 is 1.41 bits per heavy atom. The molecule has 0 N–H and O–H groups in total. The van der Waals surface area contributed by atoms with E-state index < -0.39 is 0 Å². The summed E-state index contributed by atoms with van der Waals surface area (Å²) in [5, 5.41) is 0. The van der Waals surface area contributed by atoms with Crippen LogP contribution in [0.4, 0.5) is 0 Å². The van der Waals surface area contributed by atoms with Gasteiger partial charge in [0.25, 0.3) is 0 Å². The molecule has 0 atom stereocenters. The summed E-state index contributed by atoms with van der Waals surface area (Å²) >= 11 is 4.10. The lowest BCUT2D eigenvalue weighted by Gasteiger charge is -2.23. The van der Waals surface area contributed by atoms with E-state index in [9.17, 15) is 4.79 Å². The van der Waals surface area contributed by atoms with Crippen molar-refractivity contribution in [3.63, 3.8) is 0 Å². The average Bonchev–Trinajstić information content (AvgIpc) is 1.98. The van der Waals surface area contributed by atoms with Gasteiger partial charge in [0.2, 0.25) is 0 Å². The molecule has 0 heterocycles. The molecule has 0 amide bonds. The van der Waals surface area contributed by atoms with E-state index in [1.165, 1.54) is 6.92 Å². The zero-order valence-corrected chi connectivity index (χ0v) is 13.4. The molecule has 104 valence electrons. The molecule has 0 saturated carbocycles. The first kappa shape index (κ1) is 19.1. The maximum Gasteiger partial charge on any atom is 0.302 e. The number of esters is 1. The number of hydrogen-bond donors (Lipinski definition) is 1. The lowest BCUT2D eigenvalue weighted by Crippen LogP contribution is -2.37. The van der Waals surface area contributed by atoms with Gasteiger partial charge in [0.05, 0.1) is 48.8 Å². The SMILES string of the molecule is CC(=O)OCC[N+](C)(C)C.C[N+](C)(C)CCS. The molecule has 0 aliphatic heterocycles. The van der Waals surface area contributed by atoms with Crippen LogP contribution in [0.15, 0.2) is 0 Å². The van der Waals surface area contributed by atoms with E-state index in [0.29, 0.717) is 6.61 Å². The standard InChI is InChI=1S/C7H16NO2.C5H13NS/c1-7(9)10-6-5-8(2,3)4;1-6(2,3)4-5-7/h5-6H2,1-4H3;4-5H2,1-3H3/q+1;/p+1. The smallest absolute Gasteiger partial charge is 0.302 e. The van der Waals surface area contributed by atoms with Crippen molar-refractivity contribution in [2.75, 3.05) is 67.7 Å². The Hall–Kier alpha value is -0.260. The summed E-state index contributed by atoms with van der Waals surface area (Å²) in [5.41, 5.74) is 0. The summed E-state index contributed by atoms with van der Waals surface area (Å²) in [6.07, 6.45) is 0. The van der Waals surface area contributed by atoms with Crippen LogP contribution in [0.2, 0.25) is 0 Å². The number of carbonyl (C=O) groups excluding carboxylic acids is 1. The van der Waals surface area contributed by atoms with Gasteiger partial charge in [-0.05, 0) is 0 Å². The van der Waals surface area contributed by atoms with Crippen LogP contribution in [0.3, 0.4) is 0 Å². The molecule has 0 saturated heterocycles. The molecule has 0 spiro atoms. The van der Waals surface area contributed by atoms with Crippen molar-refractivity contribution < 1.29 is 18.5 Å². The third-order valence-electron chi connectivity index (χ3n) is 1.84. The van der Waals surface area contributed by atoms with Crippen LogP contribution in [0, 0.1) is 0 Å². The molecule has 0 fully saturated rings. The highest BCUT2D eigenvalue weighted by molar-refractivity contribution is 7.80. The molecule has 0 aromatic carbocycles. The quantitative estimate of drug-likeness (QED) is 0.454. The number of carbonyl (C=O) groups is 1. The fourth-order valence-electron chi connectivity index (χ4n) is 0.763. The van der Waals surface area contributed by atoms with Crippen LogP contribution in [0.1, 0.15) is 6.92 Å². The highest BCUT2D eigenvalue weighted by Gasteiger charge is 2.06. The number of ether oxygens (including phenoxy) is 1. The molecule has 0 bridgehead atoms. The molecular formula is C12H30N2O2S+2. The Balaban J connectivity index is 0. The lowest BCUT2D eigenvalue weighted by atomic mass is 10.5. The van der Waals surface area contributed by atoms with Crippen molar-refractivity contribution in [3.8, 4) is 0 Å². The van der Waals surface area contributed by atoms with Crippen molar-refractivity contribution in [3.05, 3.63) is 0 Å². The van der Waals surface area contributed by atoms with Gasteiger partial charge in [-0.2, -0.15) is 12.6 Å². The van der Waals surface area contributed by atoms with Crippen molar-refractivity contribution in [2.24, 2.45) is 0 Å². The van der Waals surface area contributed by atoms with Crippen molar-refractivity contribution in [2.45, 2.75) is 6.92 Å². The van der Waals surface area contributed by atoms with Crippen molar-refractivity contribution in [1.82, 2.24) is 0 Å². The van der Waals surface area contributed by atoms with E-state index in [1.807, 2.05) is 0 Å². The van der Waals surface area contributed by atoms with Gasteiger partial charge in [0, 0.05) is 12.7 Å². The highest BCUT2D eigenvalue weighted by Crippen LogP contribution is 1.89. The number of likely N-dealkylation sites (N-methyl/N-ethyl adjacent to an activating group) is 1. The van der Waals surface area contributed by atoms with Gasteiger partial charge in [0.15, 0.2) is 0 Å². The van der Waals surface area contributed by atoms with Gasteiger partial charge < -0.3 is 13.7 Å². The molecule has 0 aromatic rings. The van der Waals surface area contributed by atoms with E-state index in [-0.39, 0.29) is 5.97 Å². The van der Waals surface area contributed by atoms with Crippen LogP contribution in [0.5, 0.6) is 0 Å². The van der Waals surface area contributed by atoms with Gasteiger partial charge in [-0.15, -0.1) is 0 Å². The normalized spacial score (nSPS) is 11.5. The molecule has 0 radical (unpaired) electrons. The molecule has 0 aliphatic rings. The monoisotopic (exact) mass is 266 g/mol. The third kappa shape index (κ3) is 25.8. The molecule has 5 heteroatoms. The van der Waals surface area contributed by atoms with E-state index in [2.05, 4.69) is 54.9 Å². The molecule has 0 unspecified atom stereocenters. The molecular weight excluding hydrogens is 236 g/mol. The predicted octanol–water partition coefficient (Wildman–Crippen LogP) is 0.878. The zero-order chi connectivity index (χ0) is 14.1. The molecule has 0 aliphatic carbocycles. The number of quaternary nitrogens is 2. The molecule has 0 aromatic heterocycles. The summed E-state index contributed by atoms with van der Waals surface area (Å²) in [7, 11) is 12.7. The third-order valence-corrected chi connectivity index (χ3v) is 2.04. The van der Waals surface area contributed by atoms with Crippen LogP contribution in [0.25, 0.3) is 0 Å². The summed E-state index contributed by atoms with van der Waals surface area (Å²) in [6.45, 7) is 3.94. The van der Waals surface area contributed by atoms with Crippen LogP contribution < -0.4 is 0 Å². The Morgan fingerprint density at radius 1 is 1.00 bits per heavy atom. The van der Waals surface area contributed by atoms with E-state index >= 15 is 0 Å². The number of rotatable bonds is 5. The Morgan fingerprint density at radius 3 is 1.59 bits per heavy atom. The van der Waals surface area contributed by atoms with E-state index in [4.69, 9.17) is 4.74 Å². The molecule has 17 heavy (non-hydrogen) atoms. The van der Waals surface area contributed by atoms with Crippen LogP contribution in [-0.2, 0) is 9.53 Å². The maximum absolute atomic E-state index is 10.3. The zero-order valence-electron chi connectivity index (χ0n) is 12.5. The van der Waals surface area contributed by atoms with Gasteiger partial charge in [0.1, 0.15) is 13.2 Å². The summed E-state index contributed by atoms with van der Waals surface area (Å²) in [5.74, 6) is 0.775. The first-order valence-electron chi connectivity index (χ1n) is 5.83. The lowest BCUT2D eigenvalue weighted by molar-refractivity contribution is -0.870. The second kappa shape index (κ2) is 8.78. The molecule has 0 rings (SSSR count). The van der Waals surface area contributed by atoms with Gasteiger partial charge >= 0.3 is 5.97 Å². The largest absolute Gasteiger partial charge is 0.460 e. The summed E-state index contributed by atoms with van der Waals surface area (Å²) in [6, 6.07) is 0. The first-order chi connectivity index (χ1) is 7.48. The number of thiol groups is 1. The van der Waals surface area contributed by atoms with Crippen molar-refractivity contribution >= 4 is 18.6 Å². The second-order valence-corrected chi connectivity index (χ2v) is 6.54. The average molecular weight is 266 g/mol. The van der Waals surface area contributed by atoms with E-state index in [1.54, 1.807) is 0 Å². The fraction of sp³-hybridized carbons (Fsp3) is 0.917. The number of hydrogen-bond acceptors (Lipinski definition) is 3. The van der Waals surface area contributed by atoms with Crippen LogP contribution in [-0.4, -0.2) is 82.7 Å². The Bertz CT molecular complexity index is 208. The maximum atomic E-state index is 10.3. The number of nitrogens with zero attached hydrogens (tertiary/aromatic N) is 2. The minimum atomic E-state index is -0.201. The minimum Gasteiger partial charge on any atom is -0.460 e. The fourth-order valence-corrected chi connectivity index (χ4v) is 1.36. The minimum absolute atomic E-state index is 0.201. The first-order valence-corrected chi connectivity index (χ1v) is 6.46. The summed E-state index contributed by atoms with van der Waals surface area (Å²) in [4.78, 5) is 10.3. The van der Waals surface area contributed by atoms with Gasteiger partial charge in [-0.1, -0.05) is 0 Å². The topological polar surface area (TPSA) is 26.3 Å². The van der Waals surface area contributed by atoms with Gasteiger partial charge in [-0.3, -0.25) is 4.79 Å². The van der Waals surface area contributed by atoms with E-state index in [0.717, 1.165) is 27.8 Å². The Labute approximate surface area is 112 Å². The predicted molar refractivity (Wildman–Crippen MR) is 76.3 cm³/mol. The van der Waals surface area contributed by atoms with Gasteiger partial charge in [-0.25, -0.2) is 0 Å². The highest BCUT2D eigenvalue weighted by atomic mass is 32.1. The second-order valence-electron chi connectivity index (χ2n) is 6.09. The van der Waals surface area contributed by atoms with Crippen LogP contribution >= 0.6 is 12.6 Å². The summed E-state index contributed by atoms with van der Waals surface area (Å²) < 4.78 is 6.61. The van der Waals surface area contributed by atoms with Crippen molar-refractivity contribution in [1.29, 1.82) is 0 Å².